The number of H-pyrrole nitrogens is 1. The first-order chi connectivity index (χ1) is 8.60. The number of carbonyl (C=O) groups is 1. The molecule has 0 bridgehead atoms. The summed E-state index contributed by atoms with van der Waals surface area (Å²) in [6, 6.07) is 4.15. The molecule has 2 aromatic rings. The SMILES string of the molecule is COc1n[nH]c(NC(=O)c2cc(Br)ccc2F)n1. The van der Waals surface area contributed by atoms with Crippen LogP contribution in [-0.2, 0) is 0 Å². The van der Waals surface area contributed by atoms with Crippen LogP contribution in [0.3, 0.4) is 0 Å². The van der Waals surface area contributed by atoms with Gasteiger partial charge in [-0.05, 0) is 18.2 Å². The Bertz CT molecular complexity index is 587. The molecule has 1 heterocycles. The smallest absolute Gasteiger partial charge is 0.336 e. The van der Waals surface area contributed by atoms with Crippen molar-refractivity contribution in [3.05, 3.63) is 34.1 Å². The van der Waals surface area contributed by atoms with Gasteiger partial charge in [0.1, 0.15) is 5.82 Å². The second-order valence-corrected chi connectivity index (χ2v) is 4.16. The number of halogens is 2. The van der Waals surface area contributed by atoms with Crippen molar-refractivity contribution in [2.45, 2.75) is 0 Å². The molecule has 8 heteroatoms. The predicted molar refractivity (Wildman–Crippen MR) is 65.0 cm³/mol. The molecule has 0 atom stereocenters. The quantitative estimate of drug-likeness (QED) is 0.907. The van der Waals surface area contributed by atoms with Gasteiger partial charge in [0.05, 0.1) is 12.7 Å². The Balaban J connectivity index is 2.19. The van der Waals surface area contributed by atoms with Crippen molar-refractivity contribution in [3.8, 4) is 6.01 Å². The lowest BCUT2D eigenvalue weighted by Gasteiger charge is -2.03. The standard InChI is InChI=1S/C10H8BrFN4O2/c1-18-10-14-9(15-16-10)13-8(17)6-4-5(11)2-3-7(6)12/h2-4H,1H3,(H2,13,14,15,16,17). The second-order valence-electron chi connectivity index (χ2n) is 3.25. The third-order valence-corrected chi connectivity index (χ3v) is 2.55. The van der Waals surface area contributed by atoms with Crippen molar-refractivity contribution in [2.75, 3.05) is 12.4 Å². The van der Waals surface area contributed by atoms with Crippen molar-refractivity contribution in [1.29, 1.82) is 0 Å². The molecule has 0 radical (unpaired) electrons. The van der Waals surface area contributed by atoms with Crippen molar-refractivity contribution in [1.82, 2.24) is 15.2 Å². The predicted octanol–water partition coefficient (Wildman–Crippen LogP) is 1.97. The van der Waals surface area contributed by atoms with E-state index in [0.717, 1.165) is 0 Å². The molecule has 0 aliphatic carbocycles. The number of carbonyl (C=O) groups excluding carboxylic acids is 1. The van der Waals surface area contributed by atoms with E-state index in [1.807, 2.05) is 0 Å². The van der Waals surface area contributed by atoms with Gasteiger partial charge in [-0.2, -0.15) is 4.98 Å². The van der Waals surface area contributed by atoms with Gasteiger partial charge in [0.2, 0.25) is 5.95 Å². The first-order valence-electron chi connectivity index (χ1n) is 4.83. The summed E-state index contributed by atoms with van der Waals surface area (Å²) in [6.45, 7) is 0. The number of aromatic nitrogens is 3. The Kier molecular flexibility index (Phi) is 3.56. The van der Waals surface area contributed by atoms with E-state index < -0.39 is 11.7 Å². The number of hydrogen-bond acceptors (Lipinski definition) is 4. The maximum Gasteiger partial charge on any atom is 0.336 e. The van der Waals surface area contributed by atoms with Crippen LogP contribution in [0.2, 0.25) is 0 Å². The van der Waals surface area contributed by atoms with Crippen molar-refractivity contribution < 1.29 is 13.9 Å². The van der Waals surface area contributed by atoms with E-state index in [1.165, 1.54) is 25.3 Å². The number of nitrogens with zero attached hydrogens (tertiary/aromatic N) is 2. The number of methoxy groups -OCH3 is 1. The molecule has 18 heavy (non-hydrogen) atoms. The van der Waals surface area contributed by atoms with Crippen LogP contribution in [0.1, 0.15) is 10.4 Å². The molecule has 0 aliphatic rings. The zero-order chi connectivity index (χ0) is 13.1. The first-order valence-corrected chi connectivity index (χ1v) is 5.62. The minimum atomic E-state index is -0.632. The number of hydrogen-bond donors (Lipinski definition) is 2. The van der Waals surface area contributed by atoms with E-state index in [1.54, 1.807) is 0 Å². The lowest BCUT2D eigenvalue weighted by Crippen LogP contribution is -2.14. The van der Waals surface area contributed by atoms with Crippen LogP contribution in [0, 0.1) is 5.82 Å². The van der Waals surface area contributed by atoms with Crippen molar-refractivity contribution >= 4 is 27.8 Å². The Morgan fingerprint density at radius 1 is 1.56 bits per heavy atom. The molecule has 1 aromatic heterocycles. The van der Waals surface area contributed by atoms with Gasteiger partial charge in [-0.15, -0.1) is 5.10 Å². The zero-order valence-electron chi connectivity index (χ0n) is 9.20. The molecule has 94 valence electrons. The topological polar surface area (TPSA) is 79.9 Å². The average Bonchev–Trinajstić information content (AvgIpc) is 2.80. The summed E-state index contributed by atoms with van der Waals surface area (Å²) in [5.74, 6) is -1.17. The number of amides is 1. The molecule has 1 aromatic carbocycles. The highest BCUT2D eigenvalue weighted by atomic mass is 79.9. The number of nitrogens with one attached hydrogen (secondary N) is 2. The minimum Gasteiger partial charge on any atom is -0.466 e. The van der Waals surface area contributed by atoms with Gasteiger partial charge in [0.15, 0.2) is 0 Å². The number of benzene rings is 1. The van der Waals surface area contributed by atoms with Gasteiger partial charge in [-0.25, -0.2) is 9.49 Å². The molecular weight excluding hydrogens is 307 g/mol. The summed E-state index contributed by atoms with van der Waals surface area (Å²) in [5, 5.41) is 8.46. The average molecular weight is 315 g/mol. The Morgan fingerprint density at radius 3 is 3.00 bits per heavy atom. The highest BCUT2D eigenvalue weighted by Crippen LogP contribution is 2.16. The van der Waals surface area contributed by atoms with E-state index in [2.05, 4.69) is 36.4 Å². The van der Waals surface area contributed by atoms with E-state index in [9.17, 15) is 9.18 Å². The summed E-state index contributed by atoms with van der Waals surface area (Å²) in [7, 11) is 1.39. The largest absolute Gasteiger partial charge is 0.466 e. The fraction of sp³-hybridized carbons (Fsp3) is 0.100. The fourth-order valence-corrected chi connectivity index (χ4v) is 1.60. The monoisotopic (exact) mass is 314 g/mol. The lowest BCUT2D eigenvalue weighted by atomic mass is 10.2. The molecular formula is C10H8BrFN4O2. The summed E-state index contributed by atoms with van der Waals surface area (Å²) in [5.41, 5.74) is -0.0975. The van der Waals surface area contributed by atoms with E-state index >= 15 is 0 Å². The summed E-state index contributed by atoms with van der Waals surface area (Å²) in [4.78, 5) is 15.6. The van der Waals surface area contributed by atoms with E-state index in [-0.39, 0.29) is 17.5 Å². The van der Waals surface area contributed by atoms with Gasteiger partial charge < -0.3 is 4.74 Å². The lowest BCUT2D eigenvalue weighted by molar-refractivity contribution is 0.102. The zero-order valence-corrected chi connectivity index (χ0v) is 10.8. The van der Waals surface area contributed by atoms with Crippen LogP contribution in [-0.4, -0.2) is 28.2 Å². The third-order valence-electron chi connectivity index (χ3n) is 2.05. The third kappa shape index (κ3) is 2.65. The maximum absolute atomic E-state index is 13.4. The van der Waals surface area contributed by atoms with Crippen LogP contribution in [0.25, 0.3) is 0 Å². The highest BCUT2D eigenvalue weighted by molar-refractivity contribution is 9.10. The van der Waals surface area contributed by atoms with Gasteiger partial charge >= 0.3 is 6.01 Å². The van der Waals surface area contributed by atoms with Gasteiger partial charge in [-0.1, -0.05) is 15.9 Å². The number of rotatable bonds is 3. The molecule has 2 N–H and O–H groups in total. The molecule has 0 fully saturated rings. The molecule has 0 spiro atoms. The number of aromatic amines is 1. The Hall–Kier alpha value is -1.96. The summed E-state index contributed by atoms with van der Waals surface area (Å²) in [6.07, 6.45) is 0. The number of ether oxygens (including phenoxy) is 1. The molecule has 6 nitrogen and oxygen atoms in total. The fourth-order valence-electron chi connectivity index (χ4n) is 1.24. The van der Waals surface area contributed by atoms with Crippen molar-refractivity contribution in [2.24, 2.45) is 0 Å². The molecule has 0 saturated heterocycles. The van der Waals surface area contributed by atoms with Crippen LogP contribution in [0.15, 0.2) is 22.7 Å². The van der Waals surface area contributed by atoms with Crippen LogP contribution < -0.4 is 10.1 Å². The molecule has 0 aliphatic heterocycles. The second kappa shape index (κ2) is 5.13. The van der Waals surface area contributed by atoms with Crippen LogP contribution >= 0.6 is 15.9 Å². The maximum atomic E-state index is 13.4. The molecule has 0 saturated carbocycles. The summed E-state index contributed by atoms with van der Waals surface area (Å²) < 4.78 is 18.8. The van der Waals surface area contributed by atoms with Crippen LogP contribution in [0.4, 0.5) is 10.3 Å². The summed E-state index contributed by atoms with van der Waals surface area (Å²) >= 11 is 3.16. The first kappa shape index (κ1) is 12.5. The van der Waals surface area contributed by atoms with E-state index in [4.69, 9.17) is 4.74 Å². The molecule has 0 unspecified atom stereocenters. The normalized spacial score (nSPS) is 10.2. The Morgan fingerprint density at radius 2 is 2.33 bits per heavy atom. The highest BCUT2D eigenvalue weighted by Gasteiger charge is 2.14. The van der Waals surface area contributed by atoms with Gasteiger partial charge in [0.25, 0.3) is 5.91 Å². The minimum absolute atomic E-state index is 0.0798. The van der Waals surface area contributed by atoms with Gasteiger partial charge in [-0.3, -0.25) is 10.1 Å². The van der Waals surface area contributed by atoms with Gasteiger partial charge in [0, 0.05) is 4.47 Å². The Labute approximate surface area is 110 Å². The number of anilines is 1. The van der Waals surface area contributed by atoms with Crippen molar-refractivity contribution in [3.63, 3.8) is 0 Å². The van der Waals surface area contributed by atoms with E-state index in [0.29, 0.717) is 4.47 Å². The molecule has 2 rings (SSSR count). The molecule has 1 amide bonds. The van der Waals surface area contributed by atoms with Crippen LogP contribution in [0.5, 0.6) is 6.01 Å².